The lowest BCUT2D eigenvalue weighted by Crippen LogP contribution is -2.34. The van der Waals surface area contributed by atoms with Crippen LogP contribution in [0.15, 0.2) is 23.1 Å². The van der Waals surface area contributed by atoms with Gasteiger partial charge in [-0.05, 0) is 37.6 Å². The van der Waals surface area contributed by atoms with Gasteiger partial charge < -0.3 is 10.2 Å². The molecular formula is C15H23N3O3S. The summed E-state index contributed by atoms with van der Waals surface area (Å²) in [6, 6.07) is 4.70. The zero-order valence-electron chi connectivity index (χ0n) is 13.1. The Balaban J connectivity index is 2.31. The topological polar surface area (TPSA) is 78.5 Å². The molecule has 22 heavy (non-hydrogen) atoms. The molecule has 0 unspecified atom stereocenters. The summed E-state index contributed by atoms with van der Waals surface area (Å²) in [4.78, 5) is 14.6. The minimum Gasteiger partial charge on any atom is -0.337 e. The van der Waals surface area contributed by atoms with Crippen LogP contribution in [0.4, 0.5) is 0 Å². The molecule has 1 heterocycles. The molecule has 2 rings (SSSR count). The number of carbonyl (C=O) groups excluding carboxylic acids is 1. The van der Waals surface area contributed by atoms with E-state index in [-0.39, 0.29) is 10.8 Å². The molecule has 7 heteroatoms. The van der Waals surface area contributed by atoms with Gasteiger partial charge in [-0.3, -0.25) is 4.79 Å². The predicted molar refractivity (Wildman–Crippen MR) is 85.4 cm³/mol. The first-order valence-electron chi connectivity index (χ1n) is 7.56. The van der Waals surface area contributed by atoms with Crippen molar-refractivity contribution in [3.05, 3.63) is 29.3 Å². The van der Waals surface area contributed by atoms with Crippen LogP contribution in [0.5, 0.6) is 0 Å². The van der Waals surface area contributed by atoms with Crippen LogP contribution < -0.4 is 10.0 Å². The van der Waals surface area contributed by atoms with Crippen LogP contribution in [-0.4, -0.2) is 51.9 Å². The number of benzene rings is 1. The summed E-state index contributed by atoms with van der Waals surface area (Å²) in [6.07, 6.45) is 0.903. The van der Waals surface area contributed by atoms with E-state index in [4.69, 9.17) is 0 Å². The van der Waals surface area contributed by atoms with Crippen molar-refractivity contribution >= 4 is 15.9 Å². The molecule has 0 radical (unpaired) electrons. The highest BCUT2D eigenvalue weighted by Gasteiger charge is 2.21. The molecule has 0 atom stereocenters. The van der Waals surface area contributed by atoms with Crippen LogP contribution in [-0.2, 0) is 10.0 Å². The lowest BCUT2D eigenvalue weighted by atomic mass is 10.1. The van der Waals surface area contributed by atoms with Crippen LogP contribution in [0.25, 0.3) is 0 Å². The third-order valence-corrected chi connectivity index (χ3v) is 5.25. The number of carbonyl (C=O) groups is 1. The smallest absolute Gasteiger partial charge is 0.254 e. The van der Waals surface area contributed by atoms with Gasteiger partial charge in [0.05, 0.1) is 4.90 Å². The van der Waals surface area contributed by atoms with Gasteiger partial charge in [-0.15, -0.1) is 0 Å². The number of nitrogens with one attached hydrogen (secondary N) is 2. The highest BCUT2D eigenvalue weighted by atomic mass is 32.2. The average Bonchev–Trinajstić information content (AvgIpc) is 2.76. The Morgan fingerprint density at radius 3 is 2.82 bits per heavy atom. The highest BCUT2D eigenvalue weighted by molar-refractivity contribution is 7.89. The fraction of sp³-hybridized carbons (Fsp3) is 0.533. The average molecular weight is 325 g/mol. The Morgan fingerprint density at radius 1 is 1.32 bits per heavy atom. The summed E-state index contributed by atoms with van der Waals surface area (Å²) in [7, 11) is -3.55. The summed E-state index contributed by atoms with van der Waals surface area (Å²) in [5, 5.41) is 3.25. The van der Waals surface area contributed by atoms with E-state index in [2.05, 4.69) is 10.0 Å². The summed E-state index contributed by atoms with van der Waals surface area (Å²) in [6.45, 7) is 6.86. The van der Waals surface area contributed by atoms with E-state index in [0.29, 0.717) is 25.2 Å². The van der Waals surface area contributed by atoms with E-state index in [1.165, 1.54) is 12.1 Å². The number of rotatable bonds is 4. The van der Waals surface area contributed by atoms with Gasteiger partial charge in [-0.1, -0.05) is 13.0 Å². The van der Waals surface area contributed by atoms with Gasteiger partial charge >= 0.3 is 0 Å². The van der Waals surface area contributed by atoms with Gasteiger partial charge in [0.25, 0.3) is 5.91 Å². The molecule has 0 aromatic heterocycles. The number of hydrogen-bond acceptors (Lipinski definition) is 4. The molecule has 1 aliphatic heterocycles. The molecule has 0 saturated carbocycles. The molecule has 0 bridgehead atoms. The van der Waals surface area contributed by atoms with Gasteiger partial charge in [0.1, 0.15) is 0 Å². The van der Waals surface area contributed by atoms with E-state index in [1.54, 1.807) is 17.9 Å². The normalized spacial score (nSPS) is 16.4. The minimum absolute atomic E-state index is 0.102. The van der Waals surface area contributed by atoms with Crippen molar-refractivity contribution in [1.29, 1.82) is 0 Å². The van der Waals surface area contributed by atoms with Crippen LogP contribution >= 0.6 is 0 Å². The second kappa shape index (κ2) is 7.21. The first kappa shape index (κ1) is 16.9. The van der Waals surface area contributed by atoms with Crippen molar-refractivity contribution in [3.63, 3.8) is 0 Å². The maximum absolute atomic E-state index is 12.7. The molecule has 1 fully saturated rings. The van der Waals surface area contributed by atoms with E-state index < -0.39 is 10.0 Å². The number of hydrogen-bond donors (Lipinski definition) is 2. The standard InChI is InChI=1S/C15H23N3O3S/c1-3-17-22(20,21)13-6-5-12(2)14(11-13)15(19)18-9-4-7-16-8-10-18/h5-6,11,16-17H,3-4,7-10H2,1-2H3. The van der Waals surface area contributed by atoms with Gasteiger partial charge in [0, 0.05) is 31.7 Å². The number of nitrogens with zero attached hydrogens (tertiary/aromatic N) is 1. The van der Waals surface area contributed by atoms with E-state index >= 15 is 0 Å². The van der Waals surface area contributed by atoms with Crippen LogP contribution in [0, 0.1) is 6.92 Å². The molecule has 0 spiro atoms. The third-order valence-electron chi connectivity index (χ3n) is 3.71. The van der Waals surface area contributed by atoms with Gasteiger partial charge in [0.15, 0.2) is 0 Å². The predicted octanol–water partition coefficient (Wildman–Crippen LogP) is 0.729. The minimum atomic E-state index is -3.55. The summed E-state index contributed by atoms with van der Waals surface area (Å²) in [5.74, 6) is -0.102. The Labute approximate surface area is 131 Å². The number of sulfonamides is 1. The molecule has 1 amide bonds. The van der Waals surface area contributed by atoms with Crippen molar-refractivity contribution in [2.24, 2.45) is 0 Å². The molecule has 0 aliphatic carbocycles. The molecular weight excluding hydrogens is 302 g/mol. The van der Waals surface area contributed by atoms with E-state index in [1.807, 2.05) is 6.92 Å². The Bertz CT molecular complexity index is 635. The maximum atomic E-state index is 12.7. The zero-order valence-corrected chi connectivity index (χ0v) is 13.9. The molecule has 1 aromatic rings. The van der Waals surface area contributed by atoms with Crippen LogP contribution in [0.3, 0.4) is 0 Å². The highest BCUT2D eigenvalue weighted by Crippen LogP contribution is 2.18. The van der Waals surface area contributed by atoms with Crippen molar-refractivity contribution in [2.45, 2.75) is 25.2 Å². The fourth-order valence-electron chi connectivity index (χ4n) is 2.49. The fourth-order valence-corrected chi connectivity index (χ4v) is 3.56. The number of amides is 1. The lowest BCUT2D eigenvalue weighted by molar-refractivity contribution is 0.0765. The Morgan fingerprint density at radius 2 is 2.09 bits per heavy atom. The Hall–Kier alpha value is -1.44. The zero-order chi connectivity index (χ0) is 16.2. The Kier molecular flexibility index (Phi) is 5.55. The van der Waals surface area contributed by atoms with Gasteiger partial charge in [-0.2, -0.15) is 0 Å². The molecule has 1 aromatic carbocycles. The van der Waals surface area contributed by atoms with Crippen LogP contribution in [0.1, 0.15) is 29.3 Å². The van der Waals surface area contributed by atoms with Crippen LogP contribution in [0.2, 0.25) is 0 Å². The van der Waals surface area contributed by atoms with Crippen molar-refractivity contribution < 1.29 is 13.2 Å². The monoisotopic (exact) mass is 325 g/mol. The molecule has 1 aliphatic rings. The summed E-state index contributed by atoms with van der Waals surface area (Å²) < 4.78 is 26.7. The second-order valence-electron chi connectivity index (χ2n) is 5.37. The third kappa shape index (κ3) is 3.85. The largest absolute Gasteiger partial charge is 0.337 e. The van der Waals surface area contributed by atoms with E-state index in [9.17, 15) is 13.2 Å². The molecule has 1 saturated heterocycles. The molecule has 6 nitrogen and oxygen atoms in total. The molecule has 2 N–H and O–H groups in total. The summed E-state index contributed by atoms with van der Waals surface area (Å²) >= 11 is 0. The first-order valence-corrected chi connectivity index (χ1v) is 9.04. The number of aryl methyl sites for hydroxylation is 1. The molecule has 122 valence electrons. The summed E-state index contributed by atoms with van der Waals surface area (Å²) in [5.41, 5.74) is 1.25. The van der Waals surface area contributed by atoms with Gasteiger partial charge in [-0.25, -0.2) is 13.1 Å². The van der Waals surface area contributed by atoms with Crippen molar-refractivity contribution in [2.75, 3.05) is 32.7 Å². The maximum Gasteiger partial charge on any atom is 0.254 e. The second-order valence-corrected chi connectivity index (χ2v) is 7.14. The first-order chi connectivity index (χ1) is 10.5. The lowest BCUT2D eigenvalue weighted by Gasteiger charge is -2.21. The van der Waals surface area contributed by atoms with Gasteiger partial charge in [0.2, 0.25) is 10.0 Å². The quantitative estimate of drug-likeness (QED) is 0.855. The SMILES string of the molecule is CCNS(=O)(=O)c1ccc(C)c(C(=O)N2CCCNCC2)c1. The van der Waals surface area contributed by atoms with Crippen molar-refractivity contribution in [1.82, 2.24) is 14.9 Å². The van der Waals surface area contributed by atoms with E-state index in [0.717, 1.165) is 25.1 Å². The van der Waals surface area contributed by atoms with Crippen molar-refractivity contribution in [3.8, 4) is 0 Å².